The molecule has 0 unspecified atom stereocenters. The number of hydrogen-bond donors (Lipinski definition) is 1. The number of methoxy groups -OCH3 is 1. The van der Waals surface area contributed by atoms with Crippen LogP contribution in [0.2, 0.25) is 0 Å². The predicted octanol–water partition coefficient (Wildman–Crippen LogP) is 3.72. The molecule has 0 saturated heterocycles. The van der Waals surface area contributed by atoms with E-state index in [-0.39, 0.29) is 4.90 Å². The van der Waals surface area contributed by atoms with E-state index in [1.165, 1.54) is 11.3 Å². The lowest BCUT2D eigenvalue weighted by Gasteiger charge is -2.08. The minimum absolute atomic E-state index is 0.264. The number of aromatic nitrogens is 1. The van der Waals surface area contributed by atoms with Crippen molar-refractivity contribution in [2.24, 2.45) is 0 Å². The van der Waals surface area contributed by atoms with Gasteiger partial charge < -0.3 is 4.74 Å². The van der Waals surface area contributed by atoms with E-state index < -0.39 is 10.0 Å². The highest BCUT2D eigenvalue weighted by atomic mass is 32.2. The van der Waals surface area contributed by atoms with Crippen molar-refractivity contribution in [3.63, 3.8) is 0 Å². The number of benzene rings is 2. The second-order valence-corrected chi connectivity index (χ2v) is 7.91. The van der Waals surface area contributed by atoms with E-state index in [0.29, 0.717) is 16.4 Å². The van der Waals surface area contributed by atoms with Gasteiger partial charge in [0.1, 0.15) is 5.75 Å². The lowest BCUT2D eigenvalue weighted by molar-refractivity contribution is 0.415. The summed E-state index contributed by atoms with van der Waals surface area (Å²) in [5.74, 6) is 0.713. The van der Waals surface area contributed by atoms with Crippen LogP contribution in [0.25, 0.3) is 10.2 Å². The van der Waals surface area contributed by atoms with E-state index in [1.807, 2.05) is 19.1 Å². The number of anilines is 1. The summed E-state index contributed by atoms with van der Waals surface area (Å²) in [4.78, 5) is 4.58. The zero-order chi connectivity index (χ0) is 16.6. The third kappa shape index (κ3) is 3.16. The molecule has 0 atom stereocenters. The Labute approximate surface area is 139 Å². The Bertz CT molecular complexity index is 978. The third-order valence-corrected chi connectivity index (χ3v) is 6.00. The monoisotopic (exact) mass is 348 g/mol. The van der Waals surface area contributed by atoms with Gasteiger partial charge in [0.05, 0.1) is 22.2 Å². The smallest absolute Gasteiger partial charge is 0.263 e. The van der Waals surface area contributed by atoms with Crippen molar-refractivity contribution in [2.45, 2.75) is 18.7 Å². The van der Waals surface area contributed by atoms with Gasteiger partial charge in [0.15, 0.2) is 5.13 Å². The number of ether oxygens (including phenoxy) is 1. The Morgan fingerprint density at radius 2 is 1.91 bits per heavy atom. The van der Waals surface area contributed by atoms with Crippen LogP contribution in [0.5, 0.6) is 5.75 Å². The Hall–Kier alpha value is -2.12. The predicted molar refractivity (Wildman–Crippen MR) is 92.9 cm³/mol. The fraction of sp³-hybridized carbons (Fsp3) is 0.188. The molecule has 0 aliphatic heterocycles. The van der Waals surface area contributed by atoms with Gasteiger partial charge in [-0.15, -0.1) is 0 Å². The van der Waals surface area contributed by atoms with Crippen molar-refractivity contribution in [3.8, 4) is 5.75 Å². The molecule has 5 nitrogen and oxygen atoms in total. The second-order valence-electron chi connectivity index (χ2n) is 5.23. The first kappa shape index (κ1) is 15.8. The van der Waals surface area contributed by atoms with E-state index in [1.54, 1.807) is 38.3 Å². The number of hydrogen-bond acceptors (Lipinski definition) is 5. The average Bonchev–Trinajstić information content (AvgIpc) is 2.86. The quantitative estimate of drug-likeness (QED) is 0.780. The molecule has 0 radical (unpaired) electrons. The zero-order valence-electron chi connectivity index (χ0n) is 13.0. The molecule has 3 rings (SSSR count). The van der Waals surface area contributed by atoms with E-state index in [4.69, 9.17) is 4.74 Å². The molecular weight excluding hydrogens is 332 g/mol. The molecule has 0 aliphatic rings. The van der Waals surface area contributed by atoms with Crippen LogP contribution in [0, 0.1) is 13.8 Å². The molecule has 1 aromatic heterocycles. The van der Waals surface area contributed by atoms with Gasteiger partial charge in [0.2, 0.25) is 0 Å². The summed E-state index contributed by atoms with van der Waals surface area (Å²) in [5, 5.41) is 0.341. The van der Waals surface area contributed by atoms with Gasteiger partial charge >= 0.3 is 0 Å². The largest absolute Gasteiger partial charge is 0.497 e. The summed E-state index contributed by atoms with van der Waals surface area (Å²) < 4.78 is 33.7. The van der Waals surface area contributed by atoms with Crippen molar-refractivity contribution in [2.75, 3.05) is 11.8 Å². The van der Waals surface area contributed by atoms with Gasteiger partial charge in [-0.3, -0.25) is 4.72 Å². The molecule has 7 heteroatoms. The maximum absolute atomic E-state index is 12.6. The molecule has 23 heavy (non-hydrogen) atoms. The molecule has 0 saturated carbocycles. The van der Waals surface area contributed by atoms with Gasteiger partial charge in [-0.1, -0.05) is 29.0 Å². The molecule has 0 fully saturated rings. The summed E-state index contributed by atoms with van der Waals surface area (Å²) in [7, 11) is -2.07. The van der Waals surface area contributed by atoms with Crippen LogP contribution in [-0.2, 0) is 10.0 Å². The summed E-state index contributed by atoms with van der Waals surface area (Å²) >= 11 is 1.28. The highest BCUT2D eigenvalue weighted by molar-refractivity contribution is 7.93. The van der Waals surface area contributed by atoms with Crippen LogP contribution in [0.4, 0.5) is 5.13 Å². The first-order chi connectivity index (χ1) is 10.9. The third-order valence-electron chi connectivity index (χ3n) is 3.44. The maximum Gasteiger partial charge on any atom is 0.263 e. The molecular formula is C16H16N2O3S2. The van der Waals surface area contributed by atoms with Crippen molar-refractivity contribution in [3.05, 3.63) is 47.5 Å². The number of thiazole rings is 1. The van der Waals surface area contributed by atoms with E-state index in [2.05, 4.69) is 9.71 Å². The van der Waals surface area contributed by atoms with Crippen LogP contribution in [0.3, 0.4) is 0 Å². The molecule has 3 aromatic rings. The van der Waals surface area contributed by atoms with Crippen LogP contribution < -0.4 is 9.46 Å². The van der Waals surface area contributed by atoms with Crippen LogP contribution in [0.15, 0.2) is 41.3 Å². The van der Waals surface area contributed by atoms with Crippen molar-refractivity contribution >= 4 is 36.7 Å². The minimum atomic E-state index is -3.66. The molecule has 1 heterocycles. The Morgan fingerprint density at radius 3 is 2.61 bits per heavy atom. The molecule has 120 valence electrons. The highest BCUT2D eigenvalue weighted by Crippen LogP contribution is 2.30. The Morgan fingerprint density at radius 1 is 1.13 bits per heavy atom. The number of rotatable bonds is 4. The standard InChI is InChI=1S/C16H16N2O3S2/c1-10-4-7-15(11(2)8-10)23(19,20)18-16-17-13-6-5-12(21-3)9-14(13)22-16/h4-9H,1-3H3,(H,17,18). The Kier molecular flexibility index (Phi) is 3.99. The number of fused-ring (bicyclic) bond motifs is 1. The average molecular weight is 348 g/mol. The van der Waals surface area contributed by atoms with Crippen LogP contribution in [0.1, 0.15) is 11.1 Å². The van der Waals surface area contributed by atoms with Crippen molar-refractivity contribution in [1.29, 1.82) is 0 Å². The molecule has 0 amide bonds. The number of sulfonamides is 1. The van der Waals surface area contributed by atoms with Gasteiger partial charge in [0, 0.05) is 0 Å². The SMILES string of the molecule is COc1ccc2nc(NS(=O)(=O)c3ccc(C)cc3C)sc2c1. The number of aryl methyl sites for hydroxylation is 2. The minimum Gasteiger partial charge on any atom is -0.497 e. The van der Waals surface area contributed by atoms with E-state index in [9.17, 15) is 8.42 Å². The lowest BCUT2D eigenvalue weighted by Crippen LogP contribution is -2.14. The van der Waals surface area contributed by atoms with E-state index in [0.717, 1.165) is 15.8 Å². The fourth-order valence-electron chi connectivity index (χ4n) is 2.35. The lowest BCUT2D eigenvalue weighted by atomic mass is 10.2. The van der Waals surface area contributed by atoms with Crippen LogP contribution in [-0.4, -0.2) is 20.5 Å². The van der Waals surface area contributed by atoms with Gasteiger partial charge in [-0.25, -0.2) is 13.4 Å². The molecule has 0 spiro atoms. The molecule has 2 aromatic carbocycles. The van der Waals surface area contributed by atoms with Gasteiger partial charge in [-0.05, 0) is 43.7 Å². The first-order valence-corrected chi connectivity index (χ1v) is 9.24. The number of nitrogens with one attached hydrogen (secondary N) is 1. The van der Waals surface area contributed by atoms with E-state index >= 15 is 0 Å². The topological polar surface area (TPSA) is 68.3 Å². The number of nitrogens with zero attached hydrogens (tertiary/aromatic N) is 1. The molecule has 0 bridgehead atoms. The fourth-order valence-corrected chi connectivity index (χ4v) is 4.70. The van der Waals surface area contributed by atoms with Gasteiger partial charge in [-0.2, -0.15) is 0 Å². The second kappa shape index (κ2) is 5.82. The summed E-state index contributed by atoms with van der Waals surface area (Å²) in [6, 6.07) is 10.7. The van der Waals surface area contributed by atoms with Crippen molar-refractivity contribution in [1.82, 2.24) is 4.98 Å². The molecule has 1 N–H and O–H groups in total. The van der Waals surface area contributed by atoms with Crippen LogP contribution >= 0.6 is 11.3 Å². The summed E-state index contributed by atoms with van der Waals surface area (Å²) in [5.41, 5.74) is 2.46. The molecule has 0 aliphatic carbocycles. The Balaban J connectivity index is 1.96. The summed E-state index contributed by atoms with van der Waals surface area (Å²) in [6.45, 7) is 3.71. The normalized spacial score (nSPS) is 11.6. The first-order valence-electron chi connectivity index (χ1n) is 6.94. The van der Waals surface area contributed by atoms with Crippen molar-refractivity contribution < 1.29 is 13.2 Å². The zero-order valence-corrected chi connectivity index (χ0v) is 14.6. The van der Waals surface area contributed by atoms with Gasteiger partial charge in [0.25, 0.3) is 10.0 Å². The summed E-state index contributed by atoms with van der Waals surface area (Å²) in [6.07, 6.45) is 0. The highest BCUT2D eigenvalue weighted by Gasteiger charge is 2.19. The maximum atomic E-state index is 12.6.